The zero-order valence-corrected chi connectivity index (χ0v) is 21.9. The lowest BCUT2D eigenvalue weighted by Crippen LogP contribution is -2.39. The lowest BCUT2D eigenvalue weighted by molar-refractivity contribution is 0.396. The van der Waals surface area contributed by atoms with Gasteiger partial charge in [-0.05, 0) is 46.0 Å². The monoisotopic (exact) mass is 508 g/mol. The normalized spacial score (nSPS) is 11.3. The van der Waals surface area contributed by atoms with Crippen LogP contribution in [0, 0.1) is 6.92 Å². The van der Waals surface area contributed by atoms with Crippen LogP contribution in [0.3, 0.4) is 0 Å². The number of hydrogen-bond donors (Lipinski definition) is 0. The Kier molecular flexibility index (Phi) is 6.47. The fourth-order valence-electron chi connectivity index (χ4n) is 5.28. The first-order valence-electron chi connectivity index (χ1n) is 12.9. The molecule has 0 N–H and O–H groups in total. The molecule has 0 spiro atoms. The molecule has 0 saturated carbocycles. The van der Waals surface area contributed by atoms with Gasteiger partial charge in [-0.3, -0.25) is 0 Å². The lowest BCUT2D eigenvalue weighted by Gasteiger charge is -2.34. The maximum atomic E-state index is 5.74. The van der Waals surface area contributed by atoms with Gasteiger partial charge < -0.3 is 4.74 Å². The van der Waals surface area contributed by atoms with Crippen molar-refractivity contribution >= 4 is 0 Å². The first-order valence-corrected chi connectivity index (χ1v) is 12.9. The van der Waals surface area contributed by atoms with Crippen molar-refractivity contribution in [3.63, 3.8) is 0 Å². The fraction of sp³-hybridized carbons (Fsp3) is 0.0882. The van der Waals surface area contributed by atoms with Gasteiger partial charge in [0, 0.05) is 11.1 Å². The first kappa shape index (κ1) is 24.3. The number of rotatable bonds is 7. The fourth-order valence-corrected chi connectivity index (χ4v) is 5.28. The Hall–Kier alpha value is -5.03. The van der Waals surface area contributed by atoms with Crippen molar-refractivity contribution in [1.29, 1.82) is 0 Å². The van der Waals surface area contributed by atoms with Gasteiger partial charge in [0.1, 0.15) is 5.75 Å². The molecule has 39 heavy (non-hydrogen) atoms. The van der Waals surface area contributed by atoms with Crippen LogP contribution in [0.15, 0.2) is 133 Å². The van der Waals surface area contributed by atoms with Crippen molar-refractivity contribution in [3.05, 3.63) is 156 Å². The van der Waals surface area contributed by atoms with Gasteiger partial charge in [-0.15, -0.1) is 15.0 Å². The van der Waals surface area contributed by atoms with Gasteiger partial charge in [-0.25, -0.2) is 0 Å². The molecule has 0 atom stereocenters. The summed E-state index contributed by atoms with van der Waals surface area (Å²) >= 11 is 0. The number of tetrazole rings is 1. The Morgan fingerprint density at radius 3 is 1.64 bits per heavy atom. The number of aryl methyl sites for hydroxylation is 1. The number of hydrogen-bond acceptors (Lipinski definition) is 4. The molecule has 0 saturated heterocycles. The van der Waals surface area contributed by atoms with E-state index in [1.165, 1.54) is 0 Å². The molecular formula is C34H28N4O. The molecule has 0 aliphatic heterocycles. The van der Waals surface area contributed by atoms with Gasteiger partial charge in [0.15, 0.2) is 5.54 Å². The average molecular weight is 509 g/mol. The van der Waals surface area contributed by atoms with Crippen LogP contribution in [0.25, 0.3) is 22.5 Å². The zero-order valence-electron chi connectivity index (χ0n) is 21.9. The van der Waals surface area contributed by atoms with Crippen molar-refractivity contribution in [3.8, 4) is 28.3 Å². The van der Waals surface area contributed by atoms with E-state index in [4.69, 9.17) is 15.0 Å². The molecule has 0 fully saturated rings. The summed E-state index contributed by atoms with van der Waals surface area (Å²) in [6, 6.07) is 45.4. The molecule has 190 valence electrons. The molecular weight excluding hydrogens is 480 g/mol. The molecule has 1 aromatic heterocycles. The largest absolute Gasteiger partial charge is 0.496 e. The summed E-state index contributed by atoms with van der Waals surface area (Å²) in [4.78, 5) is 1.76. The van der Waals surface area contributed by atoms with Gasteiger partial charge in [0.2, 0.25) is 5.82 Å². The molecule has 0 unspecified atom stereocenters. The molecule has 1 heterocycles. The molecule has 0 amide bonds. The Balaban J connectivity index is 1.59. The highest BCUT2D eigenvalue weighted by Gasteiger charge is 2.41. The van der Waals surface area contributed by atoms with Crippen LogP contribution in [-0.4, -0.2) is 27.3 Å². The number of nitrogens with zero attached hydrogens (tertiary/aromatic N) is 4. The van der Waals surface area contributed by atoms with E-state index in [-0.39, 0.29) is 0 Å². The Labute approximate surface area is 228 Å². The molecule has 0 aliphatic rings. The van der Waals surface area contributed by atoms with Crippen LogP contribution >= 0.6 is 0 Å². The molecule has 0 radical (unpaired) electrons. The second-order valence-electron chi connectivity index (χ2n) is 9.46. The number of ether oxygens (including phenoxy) is 1. The van der Waals surface area contributed by atoms with Crippen LogP contribution in [0.1, 0.15) is 22.3 Å². The van der Waals surface area contributed by atoms with E-state index >= 15 is 0 Å². The number of aromatic nitrogens is 4. The highest BCUT2D eigenvalue weighted by atomic mass is 16.5. The number of methoxy groups -OCH3 is 1. The quantitative estimate of drug-likeness (QED) is 0.215. The molecule has 0 bridgehead atoms. The summed E-state index contributed by atoms with van der Waals surface area (Å²) in [5, 5.41) is 14.5. The van der Waals surface area contributed by atoms with E-state index in [1.807, 2.05) is 78.9 Å². The summed E-state index contributed by atoms with van der Waals surface area (Å²) in [7, 11) is 1.70. The van der Waals surface area contributed by atoms with E-state index in [1.54, 1.807) is 11.9 Å². The number of benzene rings is 5. The van der Waals surface area contributed by atoms with Crippen molar-refractivity contribution in [2.75, 3.05) is 7.11 Å². The van der Waals surface area contributed by atoms with Crippen LogP contribution in [-0.2, 0) is 5.54 Å². The predicted octanol–water partition coefficient (Wildman–Crippen LogP) is 7.16. The first-order chi connectivity index (χ1) is 19.2. The SMILES string of the molecule is COc1cc(C)ccc1-c1ccccc1-c1nnn(C(c2ccccc2)(c2ccccc2)c2ccccc2)n1. The summed E-state index contributed by atoms with van der Waals surface area (Å²) in [5.41, 5.74) is 6.28. The van der Waals surface area contributed by atoms with E-state index < -0.39 is 5.54 Å². The minimum Gasteiger partial charge on any atom is -0.496 e. The van der Waals surface area contributed by atoms with E-state index in [0.29, 0.717) is 5.82 Å². The highest BCUT2D eigenvalue weighted by Crippen LogP contribution is 2.41. The summed E-state index contributed by atoms with van der Waals surface area (Å²) in [6.45, 7) is 2.06. The maximum absolute atomic E-state index is 5.74. The van der Waals surface area contributed by atoms with Crippen LogP contribution in [0.5, 0.6) is 5.75 Å². The van der Waals surface area contributed by atoms with E-state index in [2.05, 4.69) is 66.6 Å². The van der Waals surface area contributed by atoms with Crippen molar-refractivity contribution in [1.82, 2.24) is 20.2 Å². The molecule has 6 aromatic rings. The van der Waals surface area contributed by atoms with Crippen LogP contribution in [0.2, 0.25) is 0 Å². The molecule has 5 nitrogen and oxygen atoms in total. The topological polar surface area (TPSA) is 52.8 Å². The lowest BCUT2D eigenvalue weighted by atomic mass is 9.77. The highest BCUT2D eigenvalue weighted by molar-refractivity contribution is 5.83. The van der Waals surface area contributed by atoms with Crippen molar-refractivity contribution in [2.45, 2.75) is 12.5 Å². The summed E-state index contributed by atoms with van der Waals surface area (Å²) < 4.78 is 5.74. The van der Waals surface area contributed by atoms with Crippen molar-refractivity contribution in [2.24, 2.45) is 0 Å². The minimum absolute atomic E-state index is 0.542. The molecule has 0 aliphatic carbocycles. The van der Waals surface area contributed by atoms with E-state index in [0.717, 1.165) is 44.7 Å². The standard InChI is InChI=1S/C34H28N4O/c1-25-22-23-30(32(24-25)39-2)29-20-12-13-21-31(29)33-35-37-38(36-33)34(26-14-6-3-7-15-26,27-16-8-4-9-17-27)28-18-10-5-11-19-28/h3-24H,1-2H3. The minimum atomic E-state index is -0.828. The maximum Gasteiger partial charge on any atom is 0.205 e. The summed E-state index contributed by atoms with van der Waals surface area (Å²) in [6.07, 6.45) is 0. The van der Waals surface area contributed by atoms with Gasteiger partial charge in [-0.1, -0.05) is 127 Å². The van der Waals surface area contributed by atoms with Gasteiger partial charge in [0.25, 0.3) is 0 Å². The predicted molar refractivity (Wildman–Crippen MR) is 155 cm³/mol. The van der Waals surface area contributed by atoms with Gasteiger partial charge >= 0.3 is 0 Å². The summed E-state index contributed by atoms with van der Waals surface area (Å²) in [5.74, 6) is 1.35. The second kappa shape index (κ2) is 10.4. The third-order valence-corrected chi connectivity index (χ3v) is 7.10. The third-order valence-electron chi connectivity index (χ3n) is 7.10. The van der Waals surface area contributed by atoms with Gasteiger partial charge in [0.05, 0.1) is 7.11 Å². The average Bonchev–Trinajstić information content (AvgIpc) is 3.49. The third kappa shape index (κ3) is 4.28. The second-order valence-corrected chi connectivity index (χ2v) is 9.46. The molecule has 5 heteroatoms. The Bertz CT molecular complexity index is 1600. The zero-order chi connectivity index (χ0) is 26.7. The van der Waals surface area contributed by atoms with Crippen molar-refractivity contribution < 1.29 is 4.74 Å². The smallest absolute Gasteiger partial charge is 0.205 e. The Morgan fingerprint density at radius 1 is 0.590 bits per heavy atom. The van der Waals surface area contributed by atoms with Crippen LogP contribution in [0.4, 0.5) is 0 Å². The van der Waals surface area contributed by atoms with Crippen LogP contribution < -0.4 is 4.74 Å². The molecule has 5 aromatic carbocycles. The molecule has 6 rings (SSSR count). The Morgan fingerprint density at radius 2 is 1.10 bits per heavy atom. The van der Waals surface area contributed by atoms with E-state index in [9.17, 15) is 0 Å². The van der Waals surface area contributed by atoms with Gasteiger partial charge in [-0.2, -0.15) is 0 Å².